The van der Waals surface area contributed by atoms with E-state index in [0.717, 1.165) is 18.9 Å². The summed E-state index contributed by atoms with van der Waals surface area (Å²) < 4.78 is 26.8. The zero-order valence-corrected chi connectivity index (χ0v) is 10.9. The van der Waals surface area contributed by atoms with Gasteiger partial charge in [0.2, 0.25) is 0 Å². The molecule has 3 unspecified atom stereocenters. The Balaban J connectivity index is 2.24. The third-order valence-electron chi connectivity index (χ3n) is 4.50. The number of aliphatic hydroxyl groups is 1. The third kappa shape index (κ3) is 2.41. The fourth-order valence-electron chi connectivity index (χ4n) is 3.00. The molecule has 1 aliphatic rings. The van der Waals surface area contributed by atoms with Gasteiger partial charge in [0.25, 0.3) is 0 Å². The van der Waals surface area contributed by atoms with Crippen LogP contribution in [-0.4, -0.2) is 10.7 Å². The largest absolute Gasteiger partial charge is 0.389 e. The van der Waals surface area contributed by atoms with Crippen LogP contribution < -0.4 is 0 Å². The minimum Gasteiger partial charge on any atom is -0.389 e. The third-order valence-corrected chi connectivity index (χ3v) is 4.50. The van der Waals surface area contributed by atoms with Crippen molar-refractivity contribution in [1.29, 1.82) is 0 Å². The molecule has 3 heteroatoms. The highest BCUT2D eigenvalue weighted by Crippen LogP contribution is 2.40. The highest BCUT2D eigenvalue weighted by molar-refractivity contribution is 5.21. The van der Waals surface area contributed by atoms with Crippen molar-refractivity contribution in [1.82, 2.24) is 0 Å². The fourth-order valence-corrected chi connectivity index (χ4v) is 3.00. The Morgan fingerprint density at radius 3 is 2.78 bits per heavy atom. The van der Waals surface area contributed by atoms with Gasteiger partial charge in [0.05, 0.1) is 5.60 Å². The molecule has 0 aromatic heterocycles. The molecule has 0 heterocycles. The lowest BCUT2D eigenvalue weighted by Crippen LogP contribution is -2.45. The van der Waals surface area contributed by atoms with Gasteiger partial charge in [-0.05, 0) is 29.9 Å². The summed E-state index contributed by atoms with van der Waals surface area (Å²) in [7, 11) is 0. The zero-order valence-electron chi connectivity index (χ0n) is 10.9. The van der Waals surface area contributed by atoms with Crippen LogP contribution in [0.15, 0.2) is 18.2 Å². The van der Waals surface area contributed by atoms with Gasteiger partial charge in [0.1, 0.15) is 0 Å². The lowest BCUT2D eigenvalue weighted by Gasteiger charge is -2.42. The number of rotatable bonds is 2. The van der Waals surface area contributed by atoms with Crippen molar-refractivity contribution in [2.45, 2.75) is 45.1 Å². The van der Waals surface area contributed by atoms with E-state index in [1.54, 1.807) is 6.07 Å². The molecule has 1 N–H and O–H groups in total. The zero-order chi connectivity index (χ0) is 13.3. The number of benzene rings is 1. The molecule has 0 bridgehead atoms. The smallest absolute Gasteiger partial charge is 0.162 e. The van der Waals surface area contributed by atoms with Gasteiger partial charge in [-0.25, -0.2) is 8.78 Å². The van der Waals surface area contributed by atoms with Crippen LogP contribution in [0.2, 0.25) is 0 Å². The van der Waals surface area contributed by atoms with Gasteiger partial charge in [-0.1, -0.05) is 38.8 Å². The Kier molecular flexibility index (Phi) is 3.71. The van der Waals surface area contributed by atoms with E-state index in [1.807, 2.05) is 6.92 Å². The predicted octanol–water partition coefficient (Wildman–Crippen LogP) is 3.69. The molecule has 18 heavy (non-hydrogen) atoms. The minimum absolute atomic E-state index is 0.105. The normalized spacial score (nSPS) is 32.5. The topological polar surface area (TPSA) is 20.2 Å². The van der Waals surface area contributed by atoms with E-state index < -0.39 is 17.2 Å². The van der Waals surface area contributed by atoms with Crippen LogP contribution in [0, 0.1) is 23.5 Å². The van der Waals surface area contributed by atoms with E-state index in [9.17, 15) is 13.9 Å². The predicted molar refractivity (Wildman–Crippen MR) is 67.2 cm³/mol. The monoisotopic (exact) mass is 254 g/mol. The standard InChI is InChI=1S/C15H20F2O/c1-10-5-4-8-15(18,11(10)2)9-12-6-3-7-13(16)14(12)17/h3,6-7,10-11,18H,4-5,8-9H2,1-2H3. The maximum atomic E-state index is 13.7. The maximum absolute atomic E-state index is 13.7. The molecule has 1 saturated carbocycles. The number of halogens is 2. The van der Waals surface area contributed by atoms with E-state index in [-0.39, 0.29) is 17.9 Å². The van der Waals surface area contributed by atoms with E-state index in [2.05, 4.69) is 6.92 Å². The van der Waals surface area contributed by atoms with Gasteiger partial charge < -0.3 is 5.11 Å². The Morgan fingerprint density at radius 2 is 2.06 bits per heavy atom. The molecule has 0 amide bonds. The molecule has 1 aliphatic carbocycles. The molecule has 1 nitrogen and oxygen atoms in total. The molecule has 3 atom stereocenters. The van der Waals surface area contributed by atoms with Gasteiger partial charge in [-0.2, -0.15) is 0 Å². The average molecular weight is 254 g/mol. The minimum atomic E-state index is -0.910. The first kappa shape index (κ1) is 13.5. The summed E-state index contributed by atoms with van der Waals surface area (Å²) in [4.78, 5) is 0. The summed E-state index contributed by atoms with van der Waals surface area (Å²) in [6.45, 7) is 4.11. The van der Waals surface area contributed by atoms with Gasteiger partial charge in [-0.15, -0.1) is 0 Å². The molecular weight excluding hydrogens is 234 g/mol. The highest BCUT2D eigenvalue weighted by atomic mass is 19.2. The fraction of sp³-hybridized carbons (Fsp3) is 0.600. The molecular formula is C15H20F2O. The van der Waals surface area contributed by atoms with Crippen LogP contribution >= 0.6 is 0 Å². The second-order valence-electron chi connectivity index (χ2n) is 5.65. The summed E-state index contributed by atoms with van der Waals surface area (Å²) in [6, 6.07) is 4.16. The van der Waals surface area contributed by atoms with Crippen molar-refractivity contribution >= 4 is 0 Å². The van der Waals surface area contributed by atoms with Crippen LogP contribution in [0.1, 0.15) is 38.7 Å². The van der Waals surface area contributed by atoms with Crippen LogP contribution in [-0.2, 0) is 6.42 Å². The molecule has 1 aromatic rings. The Morgan fingerprint density at radius 1 is 1.33 bits per heavy atom. The van der Waals surface area contributed by atoms with Crippen LogP contribution in [0.3, 0.4) is 0 Å². The van der Waals surface area contributed by atoms with E-state index in [1.165, 1.54) is 6.07 Å². The molecule has 0 aliphatic heterocycles. The molecule has 100 valence electrons. The van der Waals surface area contributed by atoms with Crippen LogP contribution in [0.25, 0.3) is 0 Å². The average Bonchev–Trinajstić information content (AvgIpc) is 2.32. The van der Waals surface area contributed by atoms with Crippen molar-refractivity contribution in [3.63, 3.8) is 0 Å². The molecule has 1 fully saturated rings. The molecule has 1 aromatic carbocycles. The first-order chi connectivity index (χ1) is 8.44. The van der Waals surface area contributed by atoms with Gasteiger partial charge in [0.15, 0.2) is 11.6 Å². The maximum Gasteiger partial charge on any atom is 0.162 e. The Labute approximate surface area is 107 Å². The van der Waals surface area contributed by atoms with Crippen LogP contribution in [0.5, 0.6) is 0 Å². The number of hydrogen-bond donors (Lipinski definition) is 1. The van der Waals surface area contributed by atoms with Crippen molar-refractivity contribution in [3.8, 4) is 0 Å². The van der Waals surface area contributed by atoms with Crippen LogP contribution in [0.4, 0.5) is 8.78 Å². The lowest BCUT2D eigenvalue weighted by molar-refractivity contribution is -0.0626. The lowest BCUT2D eigenvalue weighted by atomic mass is 9.68. The summed E-state index contributed by atoms with van der Waals surface area (Å²) in [6.07, 6.45) is 2.89. The second-order valence-corrected chi connectivity index (χ2v) is 5.65. The van der Waals surface area contributed by atoms with E-state index in [0.29, 0.717) is 12.3 Å². The quantitative estimate of drug-likeness (QED) is 0.853. The van der Waals surface area contributed by atoms with Crippen molar-refractivity contribution in [3.05, 3.63) is 35.4 Å². The Hall–Kier alpha value is -0.960. The summed E-state index contributed by atoms with van der Waals surface area (Å²) in [5.41, 5.74) is -0.634. The van der Waals surface area contributed by atoms with Crippen molar-refractivity contribution in [2.24, 2.45) is 11.8 Å². The van der Waals surface area contributed by atoms with Crippen molar-refractivity contribution in [2.75, 3.05) is 0 Å². The first-order valence-corrected chi connectivity index (χ1v) is 6.59. The highest BCUT2D eigenvalue weighted by Gasteiger charge is 2.40. The molecule has 0 spiro atoms. The van der Waals surface area contributed by atoms with E-state index in [4.69, 9.17) is 0 Å². The van der Waals surface area contributed by atoms with Gasteiger partial charge in [-0.3, -0.25) is 0 Å². The summed E-state index contributed by atoms with van der Waals surface area (Å²) in [5.74, 6) is -1.14. The molecule has 0 saturated heterocycles. The summed E-state index contributed by atoms with van der Waals surface area (Å²) in [5, 5.41) is 10.7. The van der Waals surface area contributed by atoms with Gasteiger partial charge >= 0.3 is 0 Å². The number of hydrogen-bond acceptors (Lipinski definition) is 1. The Bertz CT molecular complexity index is 433. The SMILES string of the molecule is CC1CCCC(O)(Cc2cccc(F)c2F)C1C. The first-order valence-electron chi connectivity index (χ1n) is 6.59. The second kappa shape index (κ2) is 4.96. The molecule has 2 rings (SSSR count). The molecule has 0 radical (unpaired) electrons. The van der Waals surface area contributed by atoms with Gasteiger partial charge in [0, 0.05) is 6.42 Å². The van der Waals surface area contributed by atoms with Crippen molar-refractivity contribution < 1.29 is 13.9 Å². The summed E-state index contributed by atoms with van der Waals surface area (Å²) >= 11 is 0. The van der Waals surface area contributed by atoms with E-state index >= 15 is 0 Å².